The highest BCUT2D eigenvalue weighted by Crippen LogP contribution is 2.10. The van der Waals surface area contributed by atoms with E-state index in [0.29, 0.717) is 18.7 Å². The van der Waals surface area contributed by atoms with Crippen LogP contribution in [0.25, 0.3) is 0 Å². The third kappa shape index (κ3) is 6.33. The van der Waals surface area contributed by atoms with Crippen molar-refractivity contribution < 1.29 is 18.4 Å². The first kappa shape index (κ1) is 18.6. The molecule has 0 aromatic heterocycles. The lowest BCUT2D eigenvalue weighted by molar-refractivity contribution is -0.129. The van der Waals surface area contributed by atoms with Crippen LogP contribution in [0.4, 0.5) is 14.5 Å². The maximum absolute atomic E-state index is 13.1. The van der Waals surface area contributed by atoms with Crippen LogP contribution in [-0.2, 0) is 16.0 Å². The Bertz CT molecular complexity index is 732. The molecule has 0 saturated heterocycles. The van der Waals surface area contributed by atoms with Crippen molar-refractivity contribution in [3.63, 3.8) is 0 Å². The highest BCUT2D eigenvalue weighted by Gasteiger charge is 2.12. The maximum atomic E-state index is 13.1. The smallest absolute Gasteiger partial charge is 0.226 e. The lowest BCUT2D eigenvalue weighted by Crippen LogP contribution is -2.33. The zero-order valence-corrected chi connectivity index (χ0v) is 14.0. The molecule has 0 atom stereocenters. The lowest BCUT2D eigenvalue weighted by atomic mass is 10.1. The fraction of sp³-hybridized carbons (Fsp3) is 0.263. The second kappa shape index (κ2) is 8.92. The standard InChI is InChI=1S/C19H20F2N2O2/c1-14(24)23(11-9-15-5-7-16(20)8-6-15)12-10-19(25)22-18-4-2-3-17(21)13-18/h2-8,13H,9-12H2,1H3,(H,22,25). The number of halogens is 2. The quantitative estimate of drug-likeness (QED) is 0.835. The second-order valence-corrected chi connectivity index (χ2v) is 5.69. The van der Waals surface area contributed by atoms with Gasteiger partial charge in [0.1, 0.15) is 11.6 Å². The summed E-state index contributed by atoms with van der Waals surface area (Å²) in [6.45, 7) is 2.14. The Hall–Kier alpha value is -2.76. The van der Waals surface area contributed by atoms with Crippen LogP contribution in [0.5, 0.6) is 0 Å². The number of amides is 2. The largest absolute Gasteiger partial charge is 0.342 e. The van der Waals surface area contributed by atoms with Gasteiger partial charge < -0.3 is 10.2 Å². The lowest BCUT2D eigenvalue weighted by Gasteiger charge is -2.21. The maximum Gasteiger partial charge on any atom is 0.226 e. The molecule has 2 rings (SSSR count). The van der Waals surface area contributed by atoms with Crippen LogP contribution in [-0.4, -0.2) is 29.8 Å². The molecule has 0 saturated carbocycles. The summed E-state index contributed by atoms with van der Waals surface area (Å²) in [6.07, 6.45) is 0.685. The first-order chi connectivity index (χ1) is 11.9. The Morgan fingerprint density at radius 3 is 2.36 bits per heavy atom. The van der Waals surface area contributed by atoms with Crippen molar-refractivity contribution in [1.82, 2.24) is 4.90 Å². The van der Waals surface area contributed by atoms with Crippen LogP contribution >= 0.6 is 0 Å². The van der Waals surface area contributed by atoms with Crippen LogP contribution in [0.3, 0.4) is 0 Å². The second-order valence-electron chi connectivity index (χ2n) is 5.69. The zero-order valence-electron chi connectivity index (χ0n) is 14.0. The van der Waals surface area contributed by atoms with Crippen molar-refractivity contribution in [2.75, 3.05) is 18.4 Å². The minimum Gasteiger partial charge on any atom is -0.342 e. The van der Waals surface area contributed by atoms with Crippen molar-refractivity contribution in [3.05, 3.63) is 65.7 Å². The van der Waals surface area contributed by atoms with Gasteiger partial charge in [0.15, 0.2) is 0 Å². The summed E-state index contributed by atoms with van der Waals surface area (Å²) in [6, 6.07) is 11.7. The molecule has 6 heteroatoms. The van der Waals surface area contributed by atoms with Gasteiger partial charge in [-0.15, -0.1) is 0 Å². The van der Waals surface area contributed by atoms with Gasteiger partial charge in [0.05, 0.1) is 0 Å². The topological polar surface area (TPSA) is 49.4 Å². The van der Waals surface area contributed by atoms with Crippen molar-refractivity contribution in [2.24, 2.45) is 0 Å². The molecule has 2 amide bonds. The van der Waals surface area contributed by atoms with Gasteiger partial charge in [-0.2, -0.15) is 0 Å². The van der Waals surface area contributed by atoms with Gasteiger partial charge in [-0.05, 0) is 42.3 Å². The van der Waals surface area contributed by atoms with Gasteiger partial charge in [0, 0.05) is 32.1 Å². The van der Waals surface area contributed by atoms with E-state index in [1.807, 2.05) is 0 Å². The van der Waals surface area contributed by atoms with Crippen LogP contribution < -0.4 is 5.32 Å². The summed E-state index contributed by atoms with van der Waals surface area (Å²) in [7, 11) is 0. The van der Waals surface area contributed by atoms with E-state index in [1.165, 1.54) is 37.3 Å². The molecule has 0 radical (unpaired) electrons. The normalized spacial score (nSPS) is 10.4. The van der Waals surface area contributed by atoms with Crippen LogP contribution in [0.2, 0.25) is 0 Å². The van der Waals surface area contributed by atoms with Gasteiger partial charge in [0.2, 0.25) is 11.8 Å². The Labute approximate surface area is 145 Å². The van der Waals surface area contributed by atoms with Crippen LogP contribution in [0.1, 0.15) is 18.9 Å². The van der Waals surface area contributed by atoms with E-state index in [9.17, 15) is 18.4 Å². The first-order valence-corrected chi connectivity index (χ1v) is 7.99. The number of benzene rings is 2. The number of hydrogen-bond acceptors (Lipinski definition) is 2. The van der Waals surface area contributed by atoms with Crippen molar-refractivity contribution in [2.45, 2.75) is 19.8 Å². The summed E-state index contributed by atoms with van der Waals surface area (Å²) in [5.41, 5.74) is 1.29. The van der Waals surface area contributed by atoms with E-state index in [4.69, 9.17) is 0 Å². The summed E-state index contributed by atoms with van der Waals surface area (Å²) in [5, 5.41) is 2.60. The molecule has 4 nitrogen and oxygen atoms in total. The zero-order chi connectivity index (χ0) is 18.2. The number of carbonyl (C=O) groups is 2. The molecule has 0 heterocycles. The number of hydrogen-bond donors (Lipinski definition) is 1. The van der Waals surface area contributed by atoms with Crippen LogP contribution in [0.15, 0.2) is 48.5 Å². The summed E-state index contributed by atoms with van der Waals surface area (Å²) < 4.78 is 26.0. The Balaban J connectivity index is 1.83. The Kier molecular flexibility index (Phi) is 6.62. The number of nitrogens with one attached hydrogen (secondary N) is 1. The number of carbonyl (C=O) groups excluding carboxylic acids is 2. The number of rotatable bonds is 7. The van der Waals surface area contributed by atoms with E-state index >= 15 is 0 Å². The molecule has 0 aliphatic rings. The van der Waals surface area contributed by atoms with Crippen molar-refractivity contribution >= 4 is 17.5 Å². The predicted molar refractivity (Wildman–Crippen MR) is 92.0 cm³/mol. The molecule has 2 aromatic rings. The number of anilines is 1. The summed E-state index contributed by atoms with van der Waals surface area (Å²) in [4.78, 5) is 25.2. The molecule has 0 bridgehead atoms. The highest BCUT2D eigenvalue weighted by molar-refractivity contribution is 5.91. The van der Waals surface area contributed by atoms with E-state index in [2.05, 4.69) is 5.32 Å². The minimum absolute atomic E-state index is 0.111. The molecule has 0 aliphatic heterocycles. The highest BCUT2D eigenvalue weighted by atomic mass is 19.1. The molecule has 0 fully saturated rings. The Morgan fingerprint density at radius 2 is 1.72 bits per heavy atom. The average Bonchev–Trinajstić information content (AvgIpc) is 2.56. The molecular weight excluding hydrogens is 326 g/mol. The molecule has 0 unspecified atom stereocenters. The number of nitrogens with zero attached hydrogens (tertiary/aromatic N) is 1. The molecule has 2 aromatic carbocycles. The summed E-state index contributed by atoms with van der Waals surface area (Å²) >= 11 is 0. The molecule has 1 N–H and O–H groups in total. The third-order valence-corrected chi connectivity index (χ3v) is 3.75. The third-order valence-electron chi connectivity index (χ3n) is 3.75. The van der Waals surface area contributed by atoms with Gasteiger partial charge in [-0.25, -0.2) is 8.78 Å². The van der Waals surface area contributed by atoms with Gasteiger partial charge in [-0.1, -0.05) is 18.2 Å². The fourth-order valence-electron chi connectivity index (χ4n) is 2.37. The monoisotopic (exact) mass is 346 g/mol. The molecule has 0 spiro atoms. The van der Waals surface area contributed by atoms with Gasteiger partial charge >= 0.3 is 0 Å². The minimum atomic E-state index is -0.428. The van der Waals surface area contributed by atoms with Crippen molar-refractivity contribution in [1.29, 1.82) is 0 Å². The fourth-order valence-corrected chi connectivity index (χ4v) is 2.37. The first-order valence-electron chi connectivity index (χ1n) is 7.99. The molecule has 25 heavy (non-hydrogen) atoms. The van der Waals surface area contributed by atoms with Crippen LogP contribution in [0, 0.1) is 11.6 Å². The van der Waals surface area contributed by atoms with Gasteiger partial charge in [-0.3, -0.25) is 9.59 Å². The van der Waals surface area contributed by atoms with E-state index in [1.54, 1.807) is 23.1 Å². The molecular formula is C19H20F2N2O2. The van der Waals surface area contributed by atoms with E-state index in [0.717, 1.165) is 5.56 Å². The van der Waals surface area contributed by atoms with Crippen molar-refractivity contribution in [3.8, 4) is 0 Å². The van der Waals surface area contributed by atoms with E-state index in [-0.39, 0.29) is 30.6 Å². The predicted octanol–water partition coefficient (Wildman–Crippen LogP) is 3.38. The molecule has 0 aliphatic carbocycles. The van der Waals surface area contributed by atoms with E-state index < -0.39 is 5.82 Å². The Morgan fingerprint density at radius 1 is 1.00 bits per heavy atom. The summed E-state index contributed by atoms with van der Waals surface area (Å²) in [5.74, 6) is -1.16. The SMILES string of the molecule is CC(=O)N(CCC(=O)Nc1cccc(F)c1)CCc1ccc(F)cc1. The average molecular weight is 346 g/mol. The van der Waals surface area contributed by atoms with Gasteiger partial charge in [0.25, 0.3) is 0 Å². The molecule has 132 valence electrons.